The van der Waals surface area contributed by atoms with Gasteiger partial charge in [-0.05, 0) is 75.4 Å². The normalized spacial score (nSPS) is 16.0. The monoisotopic (exact) mass is 618 g/mol. The van der Waals surface area contributed by atoms with Crippen LogP contribution in [0.5, 0.6) is 5.75 Å². The van der Waals surface area contributed by atoms with E-state index < -0.39 is 23.8 Å². The summed E-state index contributed by atoms with van der Waals surface area (Å²) in [6, 6.07) is 25.8. The van der Waals surface area contributed by atoms with Gasteiger partial charge in [0.05, 0.1) is 12.6 Å². The molecule has 1 fully saturated rings. The molecule has 1 amide bonds. The molecule has 10 heteroatoms. The molecule has 0 aromatic heterocycles. The predicted molar refractivity (Wildman–Crippen MR) is 175 cm³/mol. The van der Waals surface area contributed by atoms with Crippen LogP contribution >= 0.6 is 0 Å². The van der Waals surface area contributed by atoms with Gasteiger partial charge in [-0.1, -0.05) is 68.1 Å². The highest BCUT2D eigenvalue weighted by molar-refractivity contribution is 5.97. The molecule has 0 radical (unpaired) electrons. The molecule has 242 valence electrons. The highest BCUT2D eigenvalue weighted by Crippen LogP contribution is 2.27. The number of piperidine rings is 1. The van der Waals surface area contributed by atoms with E-state index in [1.807, 2.05) is 81.4 Å². The van der Waals surface area contributed by atoms with Gasteiger partial charge in [0.25, 0.3) is 0 Å². The fourth-order valence-corrected chi connectivity index (χ4v) is 4.88. The second-order valence-electron chi connectivity index (χ2n) is 11.6. The van der Waals surface area contributed by atoms with Crippen LogP contribution in [-0.2, 0) is 19.1 Å². The Bertz CT molecular complexity index is 1340. The maximum absolute atomic E-state index is 13.1. The number of rotatable bonds is 11. The zero-order chi connectivity index (χ0) is 31.5. The standard InChI is InChI=1S/C34H42N4O6.CH4/c1-34(2,3)43-33(40)38-21-11-10-16-27(38)22-37-31(35)26-17-19-28(20-18-26)41-23-29(44-36)32(39)42-30(24-12-6-4-7-13-24)25-14-8-5-9-15-25;/h4-9,12-15,17-20,27,29-30H,10-11,16,21-23,36H2,1-3H3,(H2,35,37);1H4/t27?,29-;/m0./s1. The first-order valence-corrected chi connectivity index (χ1v) is 14.8. The number of amides is 1. The molecular weight excluding hydrogens is 572 g/mol. The number of hydrogen-bond acceptors (Lipinski definition) is 8. The van der Waals surface area contributed by atoms with E-state index in [0.717, 1.165) is 30.4 Å². The lowest BCUT2D eigenvalue weighted by Gasteiger charge is -2.36. The van der Waals surface area contributed by atoms with Gasteiger partial charge in [0, 0.05) is 12.1 Å². The third kappa shape index (κ3) is 10.3. The van der Waals surface area contributed by atoms with Crippen molar-refractivity contribution in [2.45, 2.75) is 71.3 Å². The lowest BCUT2D eigenvalue weighted by molar-refractivity contribution is -0.163. The van der Waals surface area contributed by atoms with Gasteiger partial charge in [0.15, 0.2) is 6.10 Å². The van der Waals surface area contributed by atoms with Crippen LogP contribution in [0.2, 0.25) is 0 Å². The highest BCUT2D eigenvalue weighted by atomic mass is 16.7. The van der Waals surface area contributed by atoms with E-state index in [-0.39, 0.29) is 26.2 Å². The Kier molecular flexibility index (Phi) is 12.9. The molecule has 4 rings (SSSR count). The molecule has 1 saturated heterocycles. The molecule has 0 saturated carbocycles. The summed E-state index contributed by atoms with van der Waals surface area (Å²) in [5.74, 6) is 5.65. The van der Waals surface area contributed by atoms with Crippen LogP contribution in [0, 0.1) is 0 Å². The second-order valence-corrected chi connectivity index (χ2v) is 11.6. The summed E-state index contributed by atoms with van der Waals surface area (Å²) in [6.07, 6.45) is 0.689. The number of nitrogens with zero attached hydrogens (tertiary/aromatic N) is 2. The van der Waals surface area contributed by atoms with Crippen molar-refractivity contribution in [3.8, 4) is 5.75 Å². The van der Waals surface area contributed by atoms with Gasteiger partial charge < -0.3 is 24.8 Å². The summed E-state index contributed by atoms with van der Waals surface area (Å²) >= 11 is 0. The molecule has 0 aliphatic carbocycles. The van der Waals surface area contributed by atoms with Gasteiger partial charge >= 0.3 is 12.1 Å². The highest BCUT2D eigenvalue weighted by Gasteiger charge is 2.30. The minimum absolute atomic E-state index is 0. The predicted octanol–water partition coefficient (Wildman–Crippen LogP) is 5.79. The number of likely N-dealkylation sites (tertiary alicyclic amines) is 1. The first-order valence-electron chi connectivity index (χ1n) is 14.8. The Morgan fingerprint density at radius 2 is 1.53 bits per heavy atom. The van der Waals surface area contributed by atoms with E-state index >= 15 is 0 Å². The summed E-state index contributed by atoms with van der Waals surface area (Å²) < 4.78 is 17.2. The van der Waals surface area contributed by atoms with Crippen LogP contribution in [0.4, 0.5) is 4.79 Å². The second kappa shape index (κ2) is 16.6. The Balaban J connectivity index is 0.00000552. The largest absolute Gasteiger partial charge is 0.490 e. The average Bonchev–Trinajstić information content (AvgIpc) is 3.03. The van der Waals surface area contributed by atoms with Crippen molar-refractivity contribution in [2.24, 2.45) is 16.6 Å². The number of nitrogens with two attached hydrogens (primary N) is 2. The Morgan fingerprint density at radius 3 is 2.09 bits per heavy atom. The summed E-state index contributed by atoms with van der Waals surface area (Å²) in [6.45, 7) is 6.44. The fourth-order valence-electron chi connectivity index (χ4n) is 4.88. The van der Waals surface area contributed by atoms with E-state index in [2.05, 4.69) is 4.99 Å². The average molecular weight is 619 g/mol. The van der Waals surface area contributed by atoms with Crippen LogP contribution < -0.4 is 16.4 Å². The minimum atomic E-state index is -1.15. The molecule has 3 aromatic carbocycles. The third-order valence-corrected chi connectivity index (χ3v) is 7.14. The number of ether oxygens (including phenoxy) is 3. The SMILES string of the molecule is C.CC(C)(C)OC(=O)N1CCCCC1CN=C(N)c1ccc(OC[C@H](ON)C(=O)OC(c2ccccc2)c2ccccc2)cc1. The summed E-state index contributed by atoms with van der Waals surface area (Å²) in [5, 5.41) is 0. The van der Waals surface area contributed by atoms with Crippen LogP contribution in [0.1, 0.15) is 70.3 Å². The van der Waals surface area contributed by atoms with Gasteiger partial charge in [0.2, 0.25) is 6.10 Å². The van der Waals surface area contributed by atoms with E-state index in [0.29, 0.717) is 30.2 Å². The van der Waals surface area contributed by atoms with Crippen molar-refractivity contribution < 1.29 is 28.6 Å². The molecule has 0 bridgehead atoms. The summed E-state index contributed by atoms with van der Waals surface area (Å²) in [4.78, 5) is 37.0. The van der Waals surface area contributed by atoms with Gasteiger partial charge in [0.1, 0.15) is 23.8 Å². The van der Waals surface area contributed by atoms with Crippen molar-refractivity contribution in [3.05, 3.63) is 102 Å². The van der Waals surface area contributed by atoms with Gasteiger partial charge in [-0.25, -0.2) is 15.5 Å². The molecule has 0 spiro atoms. The maximum Gasteiger partial charge on any atom is 0.410 e. The quantitative estimate of drug-likeness (QED) is 0.119. The van der Waals surface area contributed by atoms with Crippen molar-refractivity contribution in [1.82, 2.24) is 4.90 Å². The zero-order valence-corrected chi connectivity index (χ0v) is 25.6. The minimum Gasteiger partial charge on any atom is -0.490 e. The molecule has 3 aromatic rings. The number of carbonyl (C=O) groups excluding carboxylic acids is 2. The molecule has 10 nitrogen and oxygen atoms in total. The van der Waals surface area contributed by atoms with Crippen molar-refractivity contribution in [2.75, 3.05) is 19.7 Å². The van der Waals surface area contributed by atoms with Crippen molar-refractivity contribution >= 4 is 17.9 Å². The molecular formula is C35H46N4O6. The van der Waals surface area contributed by atoms with Crippen LogP contribution in [-0.4, -0.2) is 60.2 Å². The number of benzene rings is 3. The van der Waals surface area contributed by atoms with E-state index in [4.69, 9.17) is 30.7 Å². The van der Waals surface area contributed by atoms with Gasteiger partial charge in [-0.15, -0.1) is 0 Å². The van der Waals surface area contributed by atoms with Crippen LogP contribution in [0.15, 0.2) is 89.9 Å². The topological polar surface area (TPSA) is 139 Å². The lowest BCUT2D eigenvalue weighted by atomic mass is 10.0. The number of esters is 1. The van der Waals surface area contributed by atoms with Crippen LogP contribution in [0.3, 0.4) is 0 Å². The molecule has 1 aliphatic rings. The number of carbonyl (C=O) groups is 2. The van der Waals surface area contributed by atoms with E-state index in [1.165, 1.54) is 0 Å². The van der Waals surface area contributed by atoms with Crippen LogP contribution in [0.25, 0.3) is 0 Å². The molecule has 1 aliphatic heterocycles. The first-order chi connectivity index (χ1) is 21.1. The fraction of sp³-hybridized carbons (Fsp3) is 0.400. The molecule has 45 heavy (non-hydrogen) atoms. The first kappa shape index (κ1) is 35.1. The van der Waals surface area contributed by atoms with E-state index in [9.17, 15) is 9.59 Å². The van der Waals surface area contributed by atoms with Crippen molar-refractivity contribution in [3.63, 3.8) is 0 Å². The molecule has 2 atom stereocenters. The van der Waals surface area contributed by atoms with Gasteiger partial charge in [-0.3, -0.25) is 9.83 Å². The number of hydrogen-bond donors (Lipinski definition) is 2. The smallest absolute Gasteiger partial charge is 0.410 e. The van der Waals surface area contributed by atoms with Gasteiger partial charge in [-0.2, -0.15) is 0 Å². The molecule has 4 N–H and O–H groups in total. The Hall–Kier alpha value is -4.41. The molecule has 1 unspecified atom stereocenters. The van der Waals surface area contributed by atoms with Crippen molar-refractivity contribution in [1.29, 1.82) is 0 Å². The maximum atomic E-state index is 13.1. The Morgan fingerprint density at radius 1 is 0.933 bits per heavy atom. The zero-order valence-electron chi connectivity index (χ0n) is 25.6. The lowest BCUT2D eigenvalue weighted by Crippen LogP contribution is -2.47. The van der Waals surface area contributed by atoms with E-state index in [1.54, 1.807) is 29.2 Å². The Labute approximate surface area is 266 Å². The summed E-state index contributed by atoms with van der Waals surface area (Å²) in [5.41, 5.74) is 8.07. The number of aliphatic imine (C=N–C) groups is 1. The molecule has 1 heterocycles. The number of amidine groups is 1. The third-order valence-electron chi connectivity index (χ3n) is 7.14. The summed E-state index contributed by atoms with van der Waals surface area (Å²) in [7, 11) is 0.